The van der Waals surface area contributed by atoms with Crippen LogP contribution in [-0.4, -0.2) is 28.2 Å². The van der Waals surface area contributed by atoms with Crippen molar-refractivity contribution >= 4 is 23.1 Å². The first-order valence-electron chi connectivity index (χ1n) is 9.22. The third-order valence-electron chi connectivity index (χ3n) is 4.36. The largest absolute Gasteiger partial charge is 0.454 e. The number of ketones is 1. The molecule has 0 heterocycles. The Balaban J connectivity index is 1.72. The standard InChI is InChI=1S/C22H16N2O8/c1-14-5-7-15(8-6-14)20(25)13-31-22(26)16-3-2-4-18(11-16)32-21-10-9-17(23(27)28)12-19(21)24(29)30/h2-12H,13H2,1H3. The average molecular weight is 436 g/mol. The summed E-state index contributed by atoms with van der Waals surface area (Å²) in [7, 11) is 0. The lowest BCUT2D eigenvalue weighted by molar-refractivity contribution is -0.394. The number of ether oxygens (including phenoxy) is 2. The number of esters is 1. The van der Waals surface area contributed by atoms with E-state index in [4.69, 9.17) is 9.47 Å². The summed E-state index contributed by atoms with van der Waals surface area (Å²) >= 11 is 0. The third kappa shape index (κ3) is 5.30. The average Bonchev–Trinajstić information content (AvgIpc) is 2.77. The first kappa shape index (κ1) is 22.1. The quantitative estimate of drug-likeness (QED) is 0.215. The van der Waals surface area contributed by atoms with Gasteiger partial charge in [0.2, 0.25) is 5.75 Å². The van der Waals surface area contributed by atoms with Gasteiger partial charge < -0.3 is 9.47 Å². The number of benzene rings is 3. The molecule has 3 aromatic carbocycles. The van der Waals surface area contributed by atoms with Crippen LogP contribution in [0, 0.1) is 27.2 Å². The minimum atomic E-state index is -0.808. The van der Waals surface area contributed by atoms with E-state index in [1.54, 1.807) is 24.3 Å². The number of carbonyl (C=O) groups excluding carboxylic acids is 2. The van der Waals surface area contributed by atoms with E-state index in [2.05, 4.69) is 0 Å². The number of nitro groups is 2. The van der Waals surface area contributed by atoms with Crippen LogP contribution in [0.3, 0.4) is 0 Å². The molecule has 0 radical (unpaired) electrons. The van der Waals surface area contributed by atoms with Crippen LogP contribution in [0.5, 0.6) is 11.5 Å². The Morgan fingerprint density at radius 2 is 1.59 bits per heavy atom. The maximum absolute atomic E-state index is 12.3. The highest BCUT2D eigenvalue weighted by Crippen LogP contribution is 2.34. The van der Waals surface area contributed by atoms with E-state index in [0.29, 0.717) is 5.56 Å². The van der Waals surface area contributed by atoms with Gasteiger partial charge in [-0.25, -0.2) is 4.79 Å². The summed E-state index contributed by atoms with van der Waals surface area (Å²) in [6.07, 6.45) is 0. The highest BCUT2D eigenvalue weighted by molar-refractivity contribution is 5.99. The number of nitro benzene ring substituents is 2. The van der Waals surface area contributed by atoms with Crippen LogP contribution < -0.4 is 4.74 Å². The molecule has 0 amide bonds. The van der Waals surface area contributed by atoms with Gasteiger partial charge in [0.05, 0.1) is 21.5 Å². The molecular weight excluding hydrogens is 420 g/mol. The van der Waals surface area contributed by atoms with Crippen molar-refractivity contribution in [3.8, 4) is 11.5 Å². The molecule has 162 valence electrons. The molecule has 10 nitrogen and oxygen atoms in total. The van der Waals surface area contributed by atoms with Gasteiger partial charge in [0, 0.05) is 11.6 Å². The summed E-state index contributed by atoms with van der Waals surface area (Å²) in [6, 6.07) is 15.4. The van der Waals surface area contributed by atoms with Crippen molar-refractivity contribution < 1.29 is 28.9 Å². The van der Waals surface area contributed by atoms with Crippen molar-refractivity contribution in [2.75, 3.05) is 6.61 Å². The number of Topliss-reactive ketones (excluding diaryl/α,β-unsaturated/α-hetero) is 1. The van der Waals surface area contributed by atoms with Crippen molar-refractivity contribution in [3.05, 3.63) is 104 Å². The highest BCUT2D eigenvalue weighted by atomic mass is 16.6. The van der Waals surface area contributed by atoms with Gasteiger partial charge in [-0.3, -0.25) is 25.0 Å². The summed E-state index contributed by atoms with van der Waals surface area (Å²) < 4.78 is 10.5. The molecule has 3 aromatic rings. The molecule has 32 heavy (non-hydrogen) atoms. The lowest BCUT2D eigenvalue weighted by Crippen LogP contribution is -2.14. The molecular formula is C22H16N2O8. The van der Waals surface area contributed by atoms with E-state index in [9.17, 15) is 29.8 Å². The molecule has 0 spiro atoms. The Hall–Kier alpha value is -4.60. The molecule has 0 N–H and O–H groups in total. The predicted molar refractivity (Wildman–Crippen MR) is 112 cm³/mol. The van der Waals surface area contributed by atoms with Crippen molar-refractivity contribution in [2.45, 2.75) is 6.92 Å². The zero-order valence-corrected chi connectivity index (χ0v) is 16.7. The number of hydrogen-bond donors (Lipinski definition) is 0. The number of rotatable bonds is 8. The van der Waals surface area contributed by atoms with Crippen molar-refractivity contribution in [3.63, 3.8) is 0 Å². The SMILES string of the molecule is Cc1ccc(C(=O)COC(=O)c2cccc(Oc3ccc([N+](=O)[O-])cc3[N+](=O)[O-])c2)cc1. The number of aryl methyl sites for hydroxylation is 1. The lowest BCUT2D eigenvalue weighted by atomic mass is 10.1. The van der Waals surface area contributed by atoms with Gasteiger partial charge in [-0.1, -0.05) is 35.9 Å². The molecule has 0 aliphatic heterocycles. The third-order valence-corrected chi connectivity index (χ3v) is 4.36. The summed E-state index contributed by atoms with van der Waals surface area (Å²) in [6.45, 7) is 1.43. The van der Waals surface area contributed by atoms with Gasteiger partial charge >= 0.3 is 11.7 Å². The maximum atomic E-state index is 12.3. The first-order valence-corrected chi connectivity index (χ1v) is 9.22. The number of non-ortho nitro benzene ring substituents is 1. The number of hydrogen-bond acceptors (Lipinski definition) is 8. The van der Waals surface area contributed by atoms with Gasteiger partial charge in [-0.05, 0) is 31.2 Å². The zero-order chi connectivity index (χ0) is 23.3. The first-order chi connectivity index (χ1) is 15.2. The summed E-state index contributed by atoms with van der Waals surface area (Å²) in [5.41, 5.74) is 0.397. The van der Waals surface area contributed by atoms with Crippen molar-refractivity contribution in [1.82, 2.24) is 0 Å². The Bertz CT molecular complexity index is 1200. The molecule has 0 saturated heterocycles. The van der Waals surface area contributed by atoms with Gasteiger partial charge in [0.1, 0.15) is 5.75 Å². The molecule has 0 aliphatic rings. The molecule has 0 bridgehead atoms. The molecule has 0 atom stereocenters. The fourth-order valence-corrected chi connectivity index (χ4v) is 2.70. The van der Waals surface area contributed by atoms with Crippen LogP contribution in [0.4, 0.5) is 11.4 Å². The normalized spacial score (nSPS) is 10.3. The van der Waals surface area contributed by atoms with E-state index >= 15 is 0 Å². The Kier molecular flexibility index (Phi) is 6.54. The van der Waals surface area contributed by atoms with Gasteiger partial charge in [0.15, 0.2) is 12.4 Å². The van der Waals surface area contributed by atoms with Crippen LogP contribution >= 0.6 is 0 Å². The predicted octanol–water partition coefficient (Wildman–Crippen LogP) is 4.64. The van der Waals surface area contributed by atoms with Gasteiger partial charge in [-0.2, -0.15) is 0 Å². The van der Waals surface area contributed by atoms with E-state index in [-0.39, 0.29) is 22.8 Å². The zero-order valence-electron chi connectivity index (χ0n) is 16.7. The summed E-state index contributed by atoms with van der Waals surface area (Å²) in [4.78, 5) is 45.0. The van der Waals surface area contributed by atoms with Gasteiger partial charge in [0.25, 0.3) is 5.69 Å². The van der Waals surface area contributed by atoms with Crippen LogP contribution in [0.2, 0.25) is 0 Å². The van der Waals surface area contributed by atoms with Crippen LogP contribution in [0.15, 0.2) is 66.7 Å². The minimum Gasteiger partial charge on any atom is -0.454 e. The molecule has 0 saturated carbocycles. The van der Waals surface area contributed by atoms with Gasteiger partial charge in [-0.15, -0.1) is 0 Å². The van der Waals surface area contributed by atoms with Crippen LogP contribution in [0.25, 0.3) is 0 Å². The van der Waals surface area contributed by atoms with Crippen LogP contribution in [0.1, 0.15) is 26.3 Å². The van der Waals surface area contributed by atoms with E-state index in [0.717, 1.165) is 23.8 Å². The molecule has 0 fully saturated rings. The minimum absolute atomic E-state index is 0.0590. The topological polar surface area (TPSA) is 139 Å². The smallest absolute Gasteiger partial charge is 0.338 e. The second-order valence-electron chi connectivity index (χ2n) is 6.66. The summed E-state index contributed by atoms with van der Waals surface area (Å²) in [5.74, 6) is -1.32. The highest BCUT2D eigenvalue weighted by Gasteiger charge is 2.21. The van der Waals surface area contributed by atoms with E-state index < -0.39 is 33.8 Å². The monoisotopic (exact) mass is 436 g/mol. The molecule has 0 unspecified atom stereocenters. The van der Waals surface area contributed by atoms with Crippen molar-refractivity contribution in [1.29, 1.82) is 0 Å². The number of carbonyl (C=O) groups is 2. The number of nitrogens with zero attached hydrogens (tertiary/aromatic N) is 2. The second kappa shape index (κ2) is 9.47. The van der Waals surface area contributed by atoms with E-state index in [1.807, 2.05) is 6.92 Å². The fourth-order valence-electron chi connectivity index (χ4n) is 2.70. The fraction of sp³-hybridized carbons (Fsp3) is 0.0909. The Morgan fingerprint density at radius 3 is 2.25 bits per heavy atom. The van der Waals surface area contributed by atoms with E-state index in [1.165, 1.54) is 24.3 Å². The molecule has 0 aliphatic carbocycles. The molecule has 3 rings (SSSR count). The van der Waals surface area contributed by atoms with Crippen LogP contribution in [-0.2, 0) is 4.74 Å². The second-order valence-corrected chi connectivity index (χ2v) is 6.66. The van der Waals surface area contributed by atoms with Crippen molar-refractivity contribution in [2.24, 2.45) is 0 Å². The summed E-state index contributed by atoms with van der Waals surface area (Å²) in [5, 5.41) is 22.1. The lowest BCUT2D eigenvalue weighted by Gasteiger charge is -2.08. The Labute approximate surface area is 181 Å². The maximum Gasteiger partial charge on any atom is 0.338 e. The Morgan fingerprint density at radius 1 is 0.875 bits per heavy atom. The molecule has 0 aromatic heterocycles. The molecule has 10 heteroatoms.